The van der Waals surface area contributed by atoms with E-state index in [1.807, 2.05) is 36.5 Å². The lowest BCUT2D eigenvalue weighted by Crippen LogP contribution is -2.22. The van der Waals surface area contributed by atoms with Gasteiger partial charge in [0.1, 0.15) is 5.03 Å². The van der Waals surface area contributed by atoms with Crippen molar-refractivity contribution in [2.75, 3.05) is 0 Å². The zero-order valence-electron chi connectivity index (χ0n) is 12.1. The van der Waals surface area contributed by atoms with Crippen LogP contribution in [-0.4, -0.2) is 21.0 Å². The molecule has 1 aromatic carbocycles. The van der Waals surface area contributed by atoms with E-state index in [1.54, 1.807) is 11.8 Å². The van der Waals surface area contributed by atoms with Crippen molar-refractivity contribution in [2.24, 2.45) is 0 Å². The smallest absolute Gasteiger partial charge is 0.172 e. The summed E-state index contributed by atoms with van der Waals surface area (Å²) in [5.74, 6) is 0. The molecular formula is C16H18N4S. The van der Waals surface area contributed by atoms with Gasteiger partial charge < -0.3 is 10.3 Å². The molecule has 0 atom stereocenters. The Bertz CT molecular complexity index is 703. The lowest BCUT2D eigenvalue weighted by Gasteiger charge is -2.10. The van der Waals surface area contributed by atoms with E-state index in [0.717, 1.165) is 27.8 Å². The lowest BCUT2D eigenvalue weighted by atomic mass is 10.2. The third-order valence-corrected chi connectivity index (χ3v) is 4.06. The predicted molar refractivity (Wildman–Crippen MR) is 86.4 cm³/mol. The molecule has 0 amide bonds. The standard InChI is InChI=1S/C16H18N4S/c1-11(2)18-10-12-6-5-9-17-15(12)21-16-19-13-7-3-4-8-14(13)20-16/h3-9,11,18H,10H2,1-2H3,(H,19,20). The molecule has 0 aliphatic carbocycles. The van der Waals surface area contributed by atoms with E-state index in [4.69, 9.17) is 0 Å². The highest BCUT2D eigenvalue weighted by Gasteiger charge is 2.09. The zero-order chi connectivity index (χ0) is 14.7. The van der Waals surface area contributed by atoms with Crippen molar-refractivity contribution in [3.05, 3.63) is 48.2 Å². The van der Waals surface area contributed by atoms with Crippen LogP contribution in [-0.2, 0) is 6.54 Å². The van der Waals surface area contributed by atoms with Crippen molar-refractivity contribution in [3.8, 4) is 0 Å². The second kappa shape index (κ2) is 6.28. The molecule has 0 unspecified atom stereocenters. The van der Waals surface area contributed by atoms with E-state index in [2.05, 4.69) is 40.2 Å². The van der Waals surface area contributed by atoms with Gasteiger partial charge in [-0.3, -0.25) is 0 Å². The van der Waals surface area contributed by atoms with E-state index in [1.165, 1.54) is 5.56 Å². The van der Waals surface area contributed by atoms with Crippen molar-refractivity contribution >= 4 is 22.8 Å². The van der Waals surface area contributed by atoms with Gasteiger partial charge >= 0.3 is 0 Å². The Morgan fingerprint density at radius 3 is 2.86 bits per heavy atom. The molecule has 0 aliphatic rings. The monoisotopic (exact) mass is 298 g/mol. The van der Waals surface area contributed by atoms with Crippen molar-refractivity contribution in [2.45, 2.75) is 36.6 Å². The number of imidazole rings is 1. The Morgan fingerprint density at radius 1 is 1.19 bits per heavy atom. The SMILES string of the molecule is CC(C)NCc1cccnc1Sc1nc2ccccc2[nH]1. The van der Waals surface area contributed by atoms with Crippen LogP contribution >= 0.6 is 11.8 Å². The van der Waals surface area contributed by atoms with Crippen molar-refractivity contribution in [1.82, 2.24) is 20.3 Å². The summed E-state index contributed by atoms with van der Waals surface area (Å²) >= 11 is 1.57. The predicted octanol–water partition coefficient (Wildman–Crippen LogP) is 3.61. The fourth-order valence-corrected chi connectivity index (χ4v) is 2.91. The molecule has 0 fully saturated rings. The highest BCUT2D eigenvalue weighted by molar-refractivity contribution is 7.99. The maximum Gasteiger partial charge on any atom is 0.172 e. The first-order valence-electron chi connectivity index (χ1n) is 7.02. The number of rotatable bonds is 5. The Kier molecular flexibility index (Phi) is 4.22. The number of nitrogens with one attached hydrogen (secondary N) is 2. The highest BCUT2D eigenvalue weighted by atomic mass is 32.2. The van der Waals surface area contributed by atoms with E-state index in [0.29, 0.717) is 6.04 Å². The minimum Gasteiger partial charge on any atom is -0.333 e. The number of para-hydroxylation sites is 2. The quantitative estimate of drug-likeness (QED) is 0.755. The number of fused-ring (bicyclic) bond motifs is 1. The Hall–Kier alpha value is -1.85. The molecule has 0 spiro atoms. The number of aromatic nitrogens is 3. The van der Waals surface area contributed by atoms with Crippen LogP contribution in [0.2, 0.25) is 0 Å². The molecule has 5 heteroatoms. The molecule has 108 valence electrons. The third-order valence-electron chi connectivity index (χ3n) is 3.11. The molecule has 0 radical (unpaired) electrons. The van der Waals surface area contributed by atoms with E-state index in [-0.39, 0.29) is 0 Å². The Labute approximate surface area is 128 Å². The molecular weight excluding hydrogens is 280 g/mol. The Balaban J connectivity index is 1.83. The minimum atomic E-state index is 0.453. The van der Waals surface area contributed by atoms with Gasteiger partial charge in [-0.1, -0.05) is 32.0 Å². The van der Waals surface area contributed by atoms with E-state index in [9.17, 15) is 0 Å². The number of benzene rings is 1. The summed E-state index contributed by atoms with van der Waals surface area (Å²) in [4.78, 5) is 12.4. The molecule has 0 bridgehead atoms. The normalized spacial score (nSPS) is 11.4. The number of aromatic amines is 1. The number of H-pyrrole nitrogens is 1. The van der Waals surface area contributed by atoms with Gasteiger partial charge in [0.25, 0.3) is 0 Å². The number of pyridine rings is 1. The molecule has 3 aromatic rings. The summed E-state index contributed by atoms with van der Waals surface area (Å²) in [6.45, 7) is 5.10. The highest BCUT2D eigenvalue weighted by Crippen LogP contribution is 2.28. The molecule has 2 heterocycles. The van der Waals surface area contributed by atoms with Crippen LogP contribution in [0.25, 0.3) is 11.0 Å². The van der Waals surface area contributed by atoms with Crippen LogP contribution in [0.5, 0.6) is 0 Å². The average molecular weight is 298 g/mol. The zero-order valence-corrected chi connectivity index (χ0v) is 12.9. The first-order chi connectivity index (χ1) is 10.2. The molecule has 4 nitrogen and oxygen atoms in total. The maximum atomic E-state index is 4.59. The lowest BCUT2D eigenvalue weighted by molar-refractivity contribution is 0.582. The van der Waals surface area contributed by atoms with Crippen molar-refractivity contribution < 1.29 is 0 Å². The average Bonchev–Trinajstić information content (AvgIpc) is 2.88. The first-order valence-corrected chi connectivity index (χ1v) is 7.84. The summed E-state index contributed by atoms with van der Waals surface area (Å²) in [5, 5.41) is 5.30. The molecule has 3 rings (SSSR count). The van der Waals surface area contributed by atoms with Crippen LogP contribution in [0.15, 0.2) is 52.8 Å². The van der Waals surface area contributed by atoms with Crippen molar-refractivity contribution in [1.29, 1.82) is 0 Å². The van der Waals surface area contributed by atoms with Crippen LogP contribution < -0.4 is 5.32 Å². The number of hydrogen-bond acceptors (Lipinski definition) is 4. The number of hydrogen-bond donors (Lipinski definition) is 2. The van der Waals surface area contributed by atoms with Gasteiger partial charge in [-0.2, -0.15) is 0 Å². The summed E-state index contributed by atoms with van der Waals surface area (Å²) in [6.07, 6.45) is 1.82. The summed E-state index contributed by atoms with van der Waals surface area (Å²) in [6, 6.07) is 12.6. The van der Waals surface area contributed by atoms with Gasteiger partial charge in [0.05, 0.1) is 11.0 Å². The van der Waals surface area contributed by atoms with Gasteiger partial charge in [0.2, 0.25) is 0 Å². The van der Waals surface area contributed by atoms with Gasteiger partial charge in [-0.05, 0) is 35.5 Å². The minimum absolute atomic E-state index is 0.453. The third kappa shape index (κ3) is 3.43. The largest absolute Gasteiger partial charge is 0.333 e. The van der Waals surface area contributed by atoms with Crippen LogP contribution in [0, 0.1) is 0 Å². The molecule has 0 saturated carbocycles. The van der Waals surface area contributed by atoms with Crippen LogP contribution in [0.4, 0.5) is 0 Å². The molecule has 0 aliphatic heterocycles. The number of nitrogens with zero attached hydrogens (tertiary/aromatic N) is 2. The Morgan fingerprint density at radius 2 is 2.05 bits per heavy atom. The van der Waals surface area contributed by atoms with Gasteiger partial charge in [-0.25, -0.2) is 9.97 Å². The molecule has 2 N–H and O–H groups in total. The summed E-state index contributed by atoms with van der Waals surface area (Å²) in [7, 11) is 0. The second-order valence-electron chi connectivity index (χ2n) is 5.16. The molecule has 0 saturated heterocycles. The fraction of sp³-hybridized carbons (Fsp3) is 0.250. The van der Waals surface area contributed by atoms with E-state index < -0.39 is 0 Å². The van der Waals surface area contributed by atoms with Gasteiger partial charge in [0, 0.05) is 18.8 Å². The topological polar surface area (TPSA) is 53.6 Å². The summed E-state index contributed by atoms with van der Waals surface area (Å²) in [5.41, 5.74) is 3.23. The molecule has 2 aromatic heterocycles. The fourth-order valence-electron chi connectivity index (χ4n) is 2.03. The maximum absolute atomic E-state index is 4.59. The first kappa shape index (κ1) is 14.1. The van der Waals surface area contributed by atoms with Gasteiger partial charge in [-0.15, -0.1) is 0 Å². The van der Waals surface area contributed by atoms with Crippen molar-refractivity contribution in [3.63, 3.8) is 0 Å². The van der Waals surface area contributed by atoms with Crippen LogP contribution in [0.3, 0.4) is 0 Å². The summed E-state index contributed by atoms with van der Waals surface area (Å²) < 4.78 is 0. The second-order valence-corrected chi connectivity index (χ2v) is 6.14. The molecule has 21 heavy (non-hydrogen) atoms. The van der Waals surface area contributed by atoms with Crippen LogP contribution in [0.1, 0.15) is 19.4 Å². The van der Waals surface area contributed by atoms with E-state index >= 15 is 0 Å². The van der Waals surface area contributed by atoms with Gasteiger partial charge in [0.15, 0.2) is 5.16 Å².